The molecule has 0 aromatic heterocycles. The molecular formula is C25H23NO5. The summed E-state index contributed by atoms with van der Waals surface area (Å²) in [6.45, 7) is 1.40. The first-order chi connectivity index (χ1) is 15.0. The predicted octanol–water partition coefficient (Wildman–Crippen LogP) is 4.64. The van der Waals surface area contributed by atoms with Gasteiger partial charge in [0.05, 0.1) is 7.11 Å². The van der Waals surface area contributed by atoms with Crippen LogP contribution in [0.4, 0.5) is 5.69 Å². The van der Waals surface area contributed by atoms with Gasteiger partial charge < -0.3 is 14.8 Å². The first kappa shape index (κ1) is 21.8. The zero-order chi connectivity index (χ0) is 22.2. The van der Waals surface area contributed by atoms with Crippen molar-refractivity contribution in [2.75, 3.05) is 19.0 Å². The Labute approximate surface area is 180 Å². The van der Waals surface area contributed by atoms with Crippen molar-refractivity contribution in [1.29, 1.82) is 0 Å². The molecule has 3 aromatic rings. The number of amides is 1. The second kappa shape index (κ2) is 10.2. The average molecular weight is 417 g/mol. The van der Waals surface area contributed by atoms with E-state index in [1.807, 2.05) is 36.4 Å². The van der Waals surface area contributed by atoms with Crippen molar-refractivity contribution in [2.24, 2.45) is 0 Å². The lowest BCUT2D eigenvalue weighted by atomic mass is 10.1. The van der Waals surface area contributed by atoms with E-state index in [1.165, 1.54) is 6.08 Å². The van der Waals surface area contributed by atoms with Crippen LogP contribution in [-0.4, -0.2) is 31.4 Å². The Kier molecular flexibility index (Phi) is 7.17. The summed E-state index contributed by atoms with van der Waals surface area (Å²) in [6, 6.07) is 18.0. The number of carbonyl (C=O) groups is 3. The Morgan fingerprint density at radius 1 is 0.935 bits per heavy atom. The molecule has 0 fully saturated rings. The molecule has 6 nitrogen and oxygen atoms in total. The number of hydrogen-bond acceptors (Lipinski definition) is 5. The molecule has 0 heterocycles. The molecule has 3 rings (SSSR count). The van der Waals surface area contributed by atoms with Gasteiger partial charge in [-0.25, -0.2) is 4.79 Å². The Bertz CT molecular complexity index is 1130. The second-order valence-corrected chi connectivity index (χ2v) is 6.82. The molecule has 1 amide bonds. The summed E-state index contributed by atoms with van der Waals surface area (Å²) < 4.78 is 10.3. The van der Waals surface area contributed by atoms with E-state index in [0.29, 0.717) is 17.7 Å². The van der Waals surface area contributed by atoms with Crippen LogP contribution in [0.5, 0.6) is 5.75 Å². The highest BCUT2D eigenvalue weighted by atomic mass is 16.5. The van der Waals surface area contributed by atoms with E-state index in [0.717, 1.165) is 22.1 Å². The van der Waals surface area contributed by atoms with Crippen molar-refractivity contribution in [1.82, 2.24) is 0 Å². The molecule has 6 heteroatoms. The molecule has 0 saturated heterocycles. The molecule has 0 bridgehead atoms. The second-order valence-electron chi connectivity index (χ2n) is 6.82. The average Bonchev–Trinajstić information content (AvgIpc) is 2.81. The minimum atomic E-state index is -0.602. The van der Waals surface area contributed by atoms with Gasteiger partial charge in [-0.15, -0.1) is 0 Å². The molecule has 31 heavy (non-hydrogen) atoms. The van der Waals surface area contributed by atoms with E-state index in [4.69, 9.17) is 9.47 Å². The van der Waals surface area contributed by atoms with Crippen LogP contribution < -0.4 is 10.1 Å². The van der Waals surface area contributed by atoms with Gasteiger partial charge in [0.25, 0.3) is 0 Å². The number of nitrogens with one attached hydrogen (secondary N) is 1. The summed E-state index contributed by atoms with van der Waals surface area (Å²) in [5.41, 5.74) is 1.85. The topological polar surface area (TPSA) is 81.7 Å². The maximum atomic E-state index is 12.2. The van der Waals surface area contributed by atoms with E-state index < -0.39 is 5.97 Å². The number of fused-ring (bicyclic) bond motifs is 1. The molecule has 0 aliphatic rings. The van der Waals surface area contributed by atoms with E-state index in [9.17, 15) is 14.4 Å². The minimum absolute atomic E-state index is 0.106. The predicted molar refractivity (Wildman–Crippen MR) is 120 cm³/mol. The fraction of sp³-hybridized carbons (Fsp3) is 0.160. The lowest BCUT2D eigenvalue weighted by molar-refractivity contribution is -0.136. The fourth-order valence-corrected chi connectivity index (χ4v) is 2.89. The van der Waals surface area contributed by atoms with Crippen molar-refractivity contribution in [3.05, 3.63) is 77.9 Å². The number of esters is 1. The maximum Gasteiger partial charge on any atom is 0.331 e. The molecule has 0 aliphatic heterocycles. The summed E-state index contributed by atoms with van der Waals surface area (Å²) >= 11 is 0. The zero-order valence-corrected chi connectivity index (χ0v) is 17.4. The number of benzene rings is 3. The number of rotatable bonds is 8. The molecular weight excluding hydrogens is 394 g/mol. The number of carbonyl (C=O) groups excluding carboxylic acids is 3. The molecule has 0 atom stereocenters. The van der Waals surface area contributed by atoms with Crippen molar-refractivity contribution in [2.45, 2.75) is 13.3 Å². The van der Waals surface area contributed by atoms with E-state index >= 15 is 0 Å². The molecule has 0 aliphatic carbocycles. The molecule has 158 valence electrons. The Morgan fingerprint density at radius 2 is 1.65 bits per heavy atom. The lowest BCUT2D eigenvalue weighted by Crippen LogP contribution is -2.13. The third kappa shape index (κ3) is 6.02. The zero-order valence-electron chi connectivity index (χ0n) is 17.4. The minimum Gasteiger partial charge on any atom is -0.497 e. The van der Waals surface area contributed by atoms with Crippen LogP contribution >= 0.6 is 0 Å². The first-order valence-corrected chi connectivity index (χ1v) is 9.84. The maximum absolute atomic E-state index is 12.2. The monoisotopic (exact) mass is 417 g/mol. The highest BCUT2D eigenvalue weighted by Gasteiger charge is 2.09. The molecule has 0 saturated carbocycles. The largest absolute Gasteiger partial charge is 0.497 e. The van der Waals surface area contributed by atoms with Gasteiger partial charge in [0, 0.05) is 23.7 Å². The lowest BCUT2D eigenvalue weighted by Gasteiger charge is -2.05. The Hall–Kier alpha value is -3.93. The standard InChI is InChI=1S/C25H23NO5/c1-3-24(28)26-21-10-7-18(8-11-21)23(27)16-31-25(29)13-5-17-4-6-20-15-22(30-2)12-9-19(20)14-17/h4-15H,3,16H2,1-2H3,(H,26,28)/b13-5+. The summed E-state index contributed by atoms with van der Waals surface area (Å²) in [7, 11) is 1.62. The number of ketones is 1. The highest BCUT2D eigenvalue weighted by Crippen LogP contribution is 2.22. The van der Waals surface area contributed by atoms with Gasteiger partial charge in [-0.3, -0.25) is 9.59 Å². The fourth-order valence-electron chi connectivity index (χ4n) is 2.89. The van der Waals surface area contributed by atoms with Gasteiger partial charge in [0.2, 0.25) is 5.91 Å². The van der Waals surface area contributed by atoms with Crippen LogP contribution in [-0.2, 0) is 14.3 Å². The third-order valence-electron chi connectivity index (χ3n) is 4.64. The number of ether oxygens (including phenoxy) is 2. The van der Waals surface area contributed by atoms with Gasteiger partial charge in [-0.2, -0.15) is 0 Å². The normalized spacial score (nSPS) is 10.8. The van der Waals surface area contributed by atoms with Gasteiger partial charge >= 0.3 is 5.97 Å². The molecule has 3 aromatic carbocycles. The van der Waals surface area contributed by atoms with Crippen LogP contribution in [0.3, 0.4) is 0 Å². The van der Waals surface area contributed by atoms with Crippen LogP contribution in [0.1, 0.15) is 29.3 Å². The van der Waals surface area contributed by atoms with Crippen molar-refractivity contribution < 1.29 is 23.9 Å². The highest BCUT2D eigenvalue weighted by molar-refractivity contribution is 5.99. The van der Waals surface area contributed by atoms with Crippen molar-refractivity contribution in [3.8, 4) is 5.75 Å². The van der Waals surface area contributed by atoms with Crippen LogP contribution in [0.25, 0.3) is 16.8 Å². The van der Waals surface area contributed by atoms with Crippen LogP contribution in [0, 0.1) is 0 Å². The summed E-state index contributed by atoms with van der Waals surface area (Å²) in [4.78, 5) is 35.6. The number of Topliss-reactive ketones (excluding diaryl/α,β-unsaturated/α-hetero) is 1. The molecule has 0 radical (unpaired) electrons. The van der Waals surface area contributed by atoms with Gasteiger partial charge in [-0.05, 0) is 64.9 Å². The smallest absolute Gasteiger partial charge is 0.331 e. The van der Waals surface area contributed by atoms with Gasteiger partial charge in [-0.1, -0.05) is 25.1 Å². The van der Waals surface area contributed by atoms with Crippen molar-refractivity contribution >= 4 is 40.2 Å². The third-order valence-corrected chi connectivity index (χ3v) is 4.64. The van der Waals surface area contributed by atoms with E-state index in [-0.39, 0.29) is 18.3 Å². The van der Waals surface area contributed by atoms with Gasteiger partial charge in [0.1, 0.15) is 5.75 Å². The van der Waals surface area contributed by atoms with Crippen LogP contribution in [0.15, 0.2) is 66.7 Å². The number of methoxy groups -OCH3 is 1. The van der Waals surface area contributed by atoms with Crippen LogP contribution in [0.2, 0.25) is 0 Å². The number of hydrogen-bond donors (Lipinski definition) is 1. The van der Waals surface area contributed by atoms with Crippen molar-refractivity contribution in [3.63, 3.8) is 0 Å². The summed E-state index contributed by atoms with van der Waals surface area (Å²) in [6.07, 6.45) is 3.31. The SMILES string of the molecule is CCC(=O)Nc1ccc(C(=O)COC(=O)/C=C/c2ccc3cc(OC)ccc3c2)cc1. The van der Waals surface area contributed by atoms with Gasteiger partial charge in [0.15, 0.2) is 12.4 Å². The Balaban J connectivity index is 1.54. The molecule has 1 N–H and O–H groups in total. The van der Waals surface area contributed by atoms with E-state index in [2.05, 4.69) is 5.32 Å². The Morgan fingerprint density at radius 3 is 2.35 bits per heavy atom. The summed E-state index contributed by atoms with van der Waals surface area (Å²) in [5.74, 6) is -0.250. The quantitative estimate of drug-likeness (QED) is 0.328. The number of anilines is 1. The molecule has 0 spiro atoms. The first-order valence-electron chi connectivity index (χ1n) is 9.84. The molecule has 0 unspecified atom stereocenters. The summed E-state index contributed by atoms with van der Waals surface area (Å²) in [5, 5.41) is 4.76. The van der Waals surface area contributed by atoms with E-state index in [1.54, 1.807) is 44.4 Å².